The molecule has 1 aromatic carbocycles. The van der Waals surface area contributed by atoms with E-state index in [4.69, 9.17) is 4.84 Å². The second-order valence-corrected chi connectivity index (χ2v) is 10.4. The van der Waals surface area contributed by atoms with Gasteiger partial charge in [0.25, 0.3) is 0 Å². The van der Waals surface area contributed by atoms with Crippen LogP contribution in [-0.4, -0.2) is 69.5 Å². The Bertz CT molecular complexity index is 1100. The van der Waals surface area contributed by atoms with E-state index in [1.54, 1.807) is 11.3 Å². The fraction of sp³-hybridized carbons (Fsp3) is 0.520. The van der Waals surface area contributed by atoms with Gasteiger partial charge in [0.2, 0.25) is 18.0 Å². The lowest BCUT2D eigenvalue weighted by Gasteiger charge is -2.34. The number of benzene rings is 1. The van der Waals surface area contributed by atoms with Crippen LogP contribution in [0.25, 0.3) is 10.4 Å². The Morgan fingerprint density at radius 1 is 1.26 bits per heavy atom. The molecule has 1 aromatic heterocycles. The van der Waals surface area contributed by atoms with Crippen molar-refractivity contribution < 1.29 is 19.5 Å². The van der Waals surface area contributed by atoms with Crippen LogP contribution in [-0.2, 0) is 21.0 Å². The SMILES string of the molecule is CC1=NOC([C@H](C(=O)N2C[C@H](O)C[C@H]2C(=O)NCc2ccc(-c3scnc3C)cc2)C(C)C)N1C. The molecule has 35 heavy (non-hydrogen) atoms. The van der Waals surface area contributed by atoms with Crippen molar-refractivity contribution >= 4 is 29.0 Å². The van der Waals surface area contributed by atoms with Crippen LogP contribution in [0.5, 0.6) is 0 Å². The van der Waals surface area contributed by atoms with Gasteiger partial charge in [0.15, 0.2) is 0 Å². The van der Waals surface area contributed by atoms with Crippen LogP contribution in [0.3, 0.4) is 0 Å². The first-order valence-corrected chi connectivity index (χ1v) is 12.7. The smallest absolute Gasteiger partial charge is 0.243 e. The highest BCUT2D eigenvalue weighted by molar-refractivity contribution is 7.13. The van der Waals surface area contributed by atoms with E-state index in [9.17, 15) is 14.7 Å². The number of thiazole rings is 1. The van der Waals surface area contributed by atoms with E-state index in [1.807, 2.05) is 69.4 Å². The van der Waals surface area contributed by atoms with Gasteiger partial charge in [-0.25, -0.2) is 4.98 Å². The number of aliphatic hydroxyl groups excluding tert-OH is 1. The van der Waals surface area contributed by atoms with Gasteiger partial charge in [-0.3, -0.25) is 9.59 Å². The standard InChI is InChI=1S/C25H33N5O4S/c1-14(2)21(25-29(5)16(4)28-34-25)24(33)30-12-19(31)10-20(30)23(32)26-11-17-6-8-18(9-7-17)22-15(3)27-13-35-22/h6-9,13-14,19-21,25,31H,10-12H2,1-5H3,(H,26,32)/t19-,20+,21+,25?/m1/s1. The Morgan fingerprint density at radius 3 is 2.54 bits per heavy atom. The molecule has 0 spiro atoms. The summed E-state index contributed by atoms with van der Waals surface area (Å²) < 4.78 is 0. The van der Waals surface area contributed by atoms with Crippen LogP contribution in [0, 0.1) is 18.8 Å². The number of aryl methyl sites for hydroxylation is 1. The average molecular weight is 500 g/mol. The van der Waals surface area contributed by atoms with E-state index < -0.39 is 24.3 Å². The number of rotatable bonds is 7. The van der Waals surface area contributed by atoms with Crippen LogP contribution < -0.4 is 5.32 Å². The Balaban J connectivity index is 1.42. The van der Waals surface area contributed by atoms with Crippen LogP contribution in [0.4, 0.5) is 0 Å². The summed E-state index contributed by atoms with van der Waals surface area (Å²) in [7, 11) is 1.84. The topological polar surface area (TPSA) is 107 Å². The van der Waals surface area contributed by atoms with Crippen LogP contribution in [0.2, 0.25) is 0 Å². The third kappa shape index (κ3) is 5.18. The Hall–Kier alpha value is -2.98. The van der Waals surface area contributed by atoms with Crippen molar-refractivity contribution in [2.75, 3.05) is 13.6 Å². The second kappa shape index (κ2) is 10.3. The molecule has 9 nitrogen and oxygen atoms in total. The molecule has 1 saturated heterocycles. The summed E-state index contributed by atoms with van der Waals surface area (Å²) in [6, 6.07) is 7.27. The van der Waals surface area contributed by atoms with Crippen molar-refractivity contribution in [3.8, 4) is 10.4 Å². The number of hydrogen-bond acceptors (Lipinski definition) is 8. The van der Waals surface area contributed by atoms with E-state index in [-0.39, 0.29) is 30.7 Å². The zero-order valence-electron chi connectivity index (χ0n) is 20.8. The number of hydrogen-bond donors (Lipinski definition) is 2. The quantitative estimate of drug-likeness (QED) is 0.606. The lowest BCUT2D eigenvalue weighted by Crippen LogP contribution is -2.53. The molecule has 0 radical (unpaired) electrons. The summed E-state index contributed by atoms with van der Waals surface area (Å²) in [5, 5.41) is 17.3. The minimum atomic E-state index is -0.746. The number of amidine groups is 1. The predicted molar refractivity (Wildman–Crippen MR) is 134 cm³/mol. The monoisotopic (exact) mass is 499 g/mol. The second-order valence-electron chi connectivity index (χ2n) is 9.59. The molecule has 2 aromatic rings. The third-order valence-electron chi connectivity index (χ3n) is 6.79. The van der Waals surface area contributed by atoms with Crippen LogP contribution in [0.1, 0.15) is 38.4 Å². The maximum atomic E-state index is 13.6. The summed E-state index contributed by atoms with van der Waals surface area (Å²) in [5.41, 5.74) is 4.87. The maximum Gasteiger partial charge on any atom is 0.243 e. The molecule has 4 rings (SSSR count). The number of β-amino-alcohol motifs (C(OH)–C–C–N with tert-alkyl or cyclic N) is 1. The minimum Gasteiger partial charge on any atom is -0.391 e. The van der Waals surface area contributed by atoms with Crippen molar-refractivity contribution in [1.82, 2.24) is 20.1 Å². The minimum absolute atomic E-state index is 0.0433. The van der Waals surface area contributed by atoms with E-state index in [2.05, 4.69) is 15.5 Å². The number of likely N-dealkylation sites (tertiary alicyclic amines) is 1. The zero-order valence-corrected chi connectivity index (χ0v) is 21.6. The molecule has 2 N–H and O–H groups in total. The first kappa shape index (κ1) is 25.1. The molecule has 0 bridgehead atoms. The van der Waals surface area contributed by atoms with Crippen LogP contribution in [0.15, 0.2) is 34.9 Å². The van der Waals surface area contributed by atoms with Gasteiger partial charge >= 0.3 is 0 Å². The highest BCUT2D eigenvalue weighted by atomic mass is 32.1. The molecule has 4 atom stereocenters. The summed E-state index contributed by atoms with van der Waals surface area (Å²) in [4.78, 5) is 41.1. The summed E-state index contributed by atoms with van der Waals surface area (Å²) >= 11 is 1.60. The number of aliphatic hydroxyl groups is 1. The number of aromatic nitrogens is 1. The summed E-state index contributed by atoms with van der Waals surface area (Å²) in [6.45, 7) is 8.17. The zero-order chi connectivity index (χ0) is 25.3. The normalized spacial score (nSPS) is 22.8. The molecule has 1 unspecified atom stereocenters. The van der Waals surface area contributed by atoms with Crippen LogP contribution >= 0.6 is 11.3 Å². The number of nitrogens with one attached hydrogen (secondary N) is 1. The average Bonchev–Trinajstić information content (AvgIpc) is 3.52. The number of carbonyl (C=O) groups is 2. The molecule has 10 heteroatoms. The summed E-state index contributed by atoms with van der Waals surface area (Å²) in [6.07, 6.45) is -1.07. The Morgan fingerprint density at radius 2 is 1.97 bits per heavy atom. The largest absolute Gasteiger partial charge is 0.391 e. The van der Waals surface area contributed by atoms with E-state index in [1.165, 1.54) is 4.90 Å². The Labute approximate surface area is 209 Å². The van der Waals surface area contributed by atoms with E-state index in [0.29, 0.717) is 12.4 Å². The molecule has 0 aliphatic carbocycles. The molecular weight excluding hydrogens is 466 g/mol. The predicted octanol–water partition coefficient (Wildman–Crippen LogP) is 2.59. The first-order chi connectivity index (χ1) is 16.7. The van der Waals surface area contributed by atoms with Gasteiger partial charge in [-0.2, -0.15) is 0 Å². The highest BCUT2D eigenvalue weighted by Gasteiger charge is 2.46. The van der Waals surface area contributed by atoms with Crippen molar-refractivity contribution in [2.45, 2.75) is 59.0 Å². The van der Waals surface area contributed by atoms with Crippen molar-refractivity contribution in [2.24, 2.45) is 17.0 Å². The van der Waals surface area contributed by atoms with Gasteiger partial charge < -0.3 is 25.1 Å². The first-order valence-electron chi connectivity index (χ1n) is 11.9. The van der Waals surface area contributed by atoms with E-state index in [0.717, 1.165) is 21.7 Å². The molecular formula is C25H33N5O4S. The lowest BCUT2D eigenvalue weighted by atomic mass is 9.91. The molecule has 0 saturated carbocycles. The van der Waals surface area contributed by atoms with E-state index >= 15 is 0 Å². The van der Waals surface area contributed by atoms with Crippen molar-refractivity contribution in [1.29, 1.82) is 0 Å². The number of oxime groups is 1. The molecule has 3 heterocycles. The fourth-order valence-corrected chi connectivity index (χ4v) is 5.46. The molecule has 2 aliphatic heterocycles. The van der Waals surface area contributed by atoms with Gasteiger partial charge in [0.1, 0.15) is 11.9 Å². The fourth-order valence-electron chi connectivity index (χ4n) is 4.65. The van der Waals surface area contributed by atoms with Gasteiger partial charge in [0, 0.05) is 26.6 Å². The number of amides is 2. The third-order valence-corrected chi connectivity index (χ3v) is 7.77. The number of carbonyl (C=O) groups excluding carboxylic acids is 2. The molecule has 2 amide bonds. The van der Waals surface area contributed by atoms with Gasteiger partial charge in [-0.1, -0.05) is 43.3 Å². The Kier molecular flexibility index (Phi) is 7.42. The molecule has 2 aliphatic rings. The van der Waals surface area contributed by atoms with Crippen molar-refractivity contribution in [3.63, 3.8) is 0 Å². The number of nitrogens with zero attached hydrogens (tertiary/aromatic N) is 4. The highest BCUT2D eigenvalue weighted by Crippen LogP contribution is 2.30. The van der Waals surface area contributed by atoms with Gasteiger partial charge in [-0.15, -0.1) is 11.3 Å². The maximum absolute atomic E-state index is 13.6. The van der Waals surface area contributed by atoms with Crippen molar-refractivity contribution in [3.05, 3.63) is 41.0 Å². The lowest BCUT2D eigenvalue weighted by molar-refractivity contribution is -0.151. The summed E-state index contributed by atoms with van der Waals surface area (Å²) in [5.74, 6) is -0.348. The molecule has 1 fully saturated rings. The van der Waals surface area contributed by atoms with Gasteiger partial charge in [-0.05, 0) is 30.9 Å². The molecule has 188 valence electrons. The van der Waals surface area contributed by atoms with Gasteiger partial charge in [0.05, 0.1) is 28.1 Å².